The van der Waals surface area contributed by atoms with Crippen molar-refractivity contribution >= 4 is 11.9 Å². The molecule has 3 aromatic carbocycles. The highest BCUT2D eigenvalue weighted by atomic mass is 16.5. The molecule has 0 heterocycles. The van der Waals surface area contributed by atoms with Gasteiger partial charge in [0.1, 0.15) is 11.5 Å². The monoisotopic (exact) mass is 507 g/mol. The summed E-state index contributed by atoms with van der Waals surface area (Å²) in [4.78, 5) is 26.4. The SMILES string of the molecule is CCOc1cc(CN(CCCc2ccccc2)C(=O)c2cc(OC)cc(OC)c2)ccc1OCC(=O)O. The van der Waals surface area contributed by atoms with Crippen LogP contribution in [0.4, 0.5) is 0 Å². The van der Waals surface area contributed by atoms with Crippen LogP contribution < -0.4 is 18.9 Å². The minimum absolute atomic E-state index is 0.158. The number of carboxylic acid groups (broad SMARTS) is 1. The highest BCUT2D eigenvalue weighted by molar-refractivity contribution is 5.95. The zero-order valence-corrected chi connectivity index (χ0v) is 21.4. The van der Waals surface area contributed by atoms with Gasteiger partial charge >= 0.3 is 5.97 Å². The van der Waals surface area contributed by atoms with Crippen molar-refractivity contribution in [2.75, 3.05) is 34.0 Å². The average molecular weight is 508 g/mol. The summed E-state index contributed by atoms with van der Waals surface area (Å²) in [6.45, 7) is 2.60. The predicted molar refractivity (Wildman–Crippen MR) is 140 cm³/mol. The molecule has 0 bridgehead atoms. The molecule has 3 aromatic rings. The number of nitrogens with zero attached hydrogens (tertiary/aromatic N) is 1. The van der Waals surface area contributed by atoms with E-state index in [1.165, 1.54) is 5.56 Å². The first-order valence-corrected chi connectivity index (χ1v) is 12.1. The number of carboxylic acids is 1. The van der Waals surface area contributed by atoms with Crippen LogP contribution in [0.1, 0.15) is 34.8 Å². The van der Waals surface area contributed by atoms with E-state index in [0.717, 1.165) is 18.4 Å². The van der Waals surface area contributed by atoms with Gasteiger partial charge in [0.25, 0.3) is 5.91 Å². The molecular weight excluding hydrogens is 474 g/mol. The highest BCUT2D eigenvalue weighted by Crippen LogP contribution is 2.30. The molecule has 0 aromatic heterocycles. The van der Waals surface area contributed by atoms with Crippen molar-refractivity contribution in [3.8, 4) is 23.0 Å². The summed E-state index contributed by atoms with van der Waals surface area (Å²) in [5, 5.41) is 8.95. The average Bonchev–Trinajstić information content (AvgIpc) is 2.92. The molecule has 1 N–H and O–H groups in total. The van der Waals surface area contributed by atoms with Crippen LogP contribution in [0.2, 0.25) is 0 Å². The maximum absolute atomic E-state index is 13.7. The number of ether oxygens (including phenoxy) is 4. The molecule has 196 valence electrons. The first-order chi connectivity index (χ1) is 17.9. The first kappa shape index (κ1) is 27.4. The van der Waals surface area contributed by atoms with Gasteiger partial charge in [-0.25, -0.2) is 4.79 Å². The third-order valence-electron chi connectivity index (χ3n) is 5.65. The summed E-state index contributed by atoms with van der Waals surface area (Å²) in [5.74, 6) is 0.606. The fourth-order valence-electron chi connectivity index (χ4n) is 3.88. The lowest BCUT2D eigenvalue weighted by atomic mass is 10.1. The number of aliphatic carboxylic acids is 1. The standard InChI is InChI=1S/C29H33NO7/c1-4-36-27-15-22(12-13-26(27)37-20-28(31)32)19-30(14-8-11-21-9-6-5-7-10-21)29(33)23-16-24(34-2)18-25(17-23)35-3/h5-7,9-10,12-13,15-18H,4,8,11,14,19-20H2,1-3H3,(H,31,32). The Labute approximate surface area is 217 Å². The van der Waals surface area contributed by atoms with Crippen molar-refractivity contribution in [2.24, 2.45) is 0 Å². The lowest BCUT2D eigenvalue weighted by Crippen LogP contribution is -2.32. The van der Waals surface area contributed by atoms with Gasteiger partial charge in [0.05, 0.1) is 20.8 Å². The highest BCUT2D eigenvalue weighted by Gasteiger charge is 2.19. The number of hydrogen-bond donors (Lipinski definition) is 1. The second-order valence-electron chi connectivity index (χ2n) is 8.31. The number of aryl methyl sites for hydroxylation is 1. The summed E-state index contributed by atoms with van der Waals surface area (Å²) >= 11 is 0. The first-order valence-electron chi connectivity index (χ1n) is 12.1. The molecule has 1 amide bonds. The van der Waals surface area contributed by atoms with Gasteiger partial charge in [-0.2, -0.15) is 0 Å². The Balaban J connectivity index is 1.86. The fraction of sp³-hybridized carbons (Fsp3) is 0.310. The topological polar surface area (TPSA) is 94.5 Å². The number of carbonyl (C=O) groups is 2. The van der Waals surface area contributed by atoms with Crippen molar-refractivity contribution < 1.29 is 33.6 Å². The van der Waals surface area contributed by atoms with Crippen molar-refractivity contribution in [3.05, 3.63) is 83.4 Å². The molecule has 0 spiro atoms. The minimum Gasteiger partial charge on any atom is -0.497 e. The second kappa shape index (κ2) is 13.8. The van der Waals surface area contributed by atoms with Gasteiger partial charge in [0.15, 0.2) is 18.1 Å². The normalized spacial score (nSPS) is 10.5. The smallest absolute Gasteiger partial charge is 0.341 e. The van der Waals surface area contributed by atoms with Gasteiger partial charge in [-0.15, -0.1) is 0 Å². The van der Waals surface area contributed by atoms with Gasteiger partial charge in [-0.3, -0.25) is 4.79 Å². The molecular formula is C29H33NO7. The van der Waals surface area contributed by atoms with Gasteiger partial charge < -0.3 is 29.0 Å². The van der Waals surface area contributed by atoms with E-state index in [4.69, 9.17) is 24.1 Å². The Morgan fingerprint density at radius 1 is 0.838 bits per heavy atom. The third-order valence-corrected chi connectivity index (χ3v) is 5.65. The summed E-state index contributed by atoms with van der Waals surface area (Å²) in [6.07, 6.45) is 1.60. The zero-order valence-electron chi connectivity index (χ0n) is 21.4. The fourth-order valence-corrected chi connectivity index (χ4v) is 3.88. The Bertz CT molecular complexity index is 1160. The quantitative estimate of drug-likeness (QED) is 0.334. The Hall–Kier alpha value is -4.20. The lowest BCUT2D eigenvalue weighted by Gasteiger charge is -2.24. The maximum Gasteiger partial charge on any atom is 0.341 e. The predicted octanol–water partition coefficient (Wildman–Crippen LogP) is 4.84. The van der Waals surface area contributed by atoms with E-state index >= 15 is 0 Å². The van der Waals surface area contributed by atoms with Crippen LogP contribution in [0.25, 0.3) is 0 Å². The maximum atomic E-state index is 13.7. The summed E-state index contributed by atoms with van der Waals surface area (Å²) in [6, 6.07) is 20.5. The van der Waals surface area contributed by atoms with Crippen LogP contribution in [-0.4, -0.2) is 55.9 Å². The van der Waals surface area contributed by atoms with Gasteiger partial charge in [-0.05, 0) is 55.2 Å². The van der Waals surface area contributed by atoms with Crippen molar-refractivity contribution in [3.63, 3.8) is 0 Å². The molecule has 3 rings (SSSR count). The molecule has 0 atom stereocenters. The van der Waals surface area contributed by atoms with Gasteiger partial charge in [0.2, 0.25) is 0 Å². The van der Waals surface area contributed by atoms with Crippen LogP contribution in [0.3, 0.4) is 0 Å². The minimum atomic E-state index is -1.07. The molecule has 8 nitrogen and oxygen atoms in total. The molecule has 0 fully saturated rings. The van der Waals surface area contributed by atoms with Crippen LogP contribution in [0.15, 0.2) is 66.7 Å². The largest absolute Gasteiger partial charge is 0.497 e. The Morgan fingerprint density at radius 2 is 1.54 bits per heavy atom. The zero-order chi connectivity index (χ0) is 26.6. The van der Waals surface area contributed by atoms with E-state index in [2.05, 4.69) is 12.1 Å². The number of rotatable bonds is 14. The second-order valence-corrected chi connectivity index (χ2v) is 8.31. The Morgan fingerprint density at radius 3 is 2.16 bits per heavy atom. The van der Waals surface area contributed by atoms with Crippen molar-refractivity contribution in [1.29, 1.82) is 0 Å². The molecule has 0 aliphatic heterocycles. The molecule has 0 saturated carbocycles. The van der Waals surface area contributed by atoms with E-state index in [-0.39, 0.29) is 5.91 Å². The molecule has 0 radical (unpaired) electrons. The van der Waals surface area contributed by atoms with E-state index in [0.29, 0.717) is 48.3 Å². The summed E-state index contributed by atoms with van der Waals surface area (Å²) in [5.41, 5.74) is 2.49. The molecule has 0 saturated heterocycles. The number of benzene rings is 3. The van der Waals surface area contributed by atoms with E-state index < -0.39 is 12.6 Å². The van der Waals surface area contributed by atoms with E-state index in [1.807, 2.05) is 31.2 Å². The summed E-state index contributed by atoms with van der Waals surface area (Å²) < 4.78 is 21.8. The van der Waals surface area contributed by atoms with Crippen LogP contribution in [0.5, 0.6) is 23.0 Å². The van der Waals surface area contributed by atoms with Crippen molar-refractivity contribution in [2.45, 2.75) is 26.3 Å². The van der Waals surface area contributed by atoms with Gasteiger partial charge in [0, 0.05) is 24.7 Å². The third kappa shape index (κ3) is 8.17. The molecule has 0 aliphatic carbocycles. The van der Waals surface area contributed by atoms with E-state index in [1.54, 1.807) is 49.5 Å². The molecule has 8 heteroatoms. The lowest BCUT2D eigenvalue weighted by molar-refractivity contribution is -0.139. The molecule has 0 aliphatic rings. The molecule has 0 unspecified atom stereocenters. The number of hydrogen-bond acceptors (Lipinski definition) is 6. The van der Waals surface area contributed by atoms with E-state index in [9.17, 15) is 9.59 Å². The van der Waals surface area contributed by atoms with Crippen molar-refractivity contribution in [1.82, 2.24) is 4.90 Å². The number of methoxy groups -OCH3 is 2. The Kier molecular flexibility index (Phi) is 10.2. The van der Waals surface area contributed by atoms with Gasteiger partial charge in [-0.1, -0.05) is 36.4 Å². The number of amides is 1. The van der Waals surface area contributed by atoms with Crippen LogP contribution >= 0.6 is 0 Å². The van der Waals surface area contributed by atoms with Crippen LogP contribution in [0, 0.1) is 0 Å². The van der Waals surface area contributed by atoms with Crippen LogP contribution in [-0.2, 0) is 17.8 Å². The summed E-state index contributed by atoms with van der Waals surface area (Å²) in [7, 11) is 3.09. The number of carbonyl (C=O) groups excluding carboxylic acids is 1. The molecule has 37 heavy (non-hydrogen) atoms.